The van der Waals surface area contributed by atoms with Crippen LogP contribution in [0.1, 0.15) is 30.3 Å². The van der Waals surface area contributed by atoms with Gasteiger partial charge < -0.3 is 14.8 Å². The van der Waals surface area contributed by atoms with E-state index < -0.39 is 0 Å². The number of aryl methyl sites for hydroxylation is 2. The van der Waals surface area contributed by atoms with Crippen molar-refractivity contribution >= 4 is 17.7 Å². The first-order chi connectivity index (χ1) is 13.0. The van der Waals surface area contributed by atoms with Gasteiger partial charge in [-0.15, -0.1) is 0 Å². The predicted molar refractivity (Wildman–Crippen MR) is 108 cm³/mol. The molecule has 0 unspecified atom stereocenters. The molecule has 7 heteroatoms. The lowest BCUT2D eigenvalue weighted by atomic mass is 10.1. The summed E-state index contributed by atoms with van der Waals surface area (Å²) in [7, 11) is 0. The van der Waals surface area contributed by atoms with Crippen LogP contribution < -0.4 is 14.8 Å². The molecule has 1 amide bonds. The minimum absolute atomic E-state index is 0.00182. The van der Waals surface area contributed by atoms with Crippen molar-refractivity contribution in [2.75, 3.05) is 26.0 Å². The molecule has 0 fully saturated rings. The Balaban J connectivity index is 1.71. The van der Waals surface area contributed by atoms with E-state index in [0.717, 1.165) is 33.6 Å². The Labute approximate surface area is 165 Å². The summed E-state index contributed by atoms with van der Waals surface area (Å²) in [5.41, 5.74) is 2.94. The van der Waals surface area contributed by atoms with Crippen LogP contribution in [-0.4, -0.2) is 41.9 Å². The molecule has 2 aromatic rings. The molecule has 0 aliphatic rings. The van der Waals surface area contributed by atoms with Crippen molar-refractivity contribution in [3.8, 4) is 11.5 Å². The lowest BCUT2D eigenvalue weighted by Crippen LogP contribution is -2.28. The molecule has 0 saturated heterocycles. The molecule has 6 nitrogen and oxygen atoms in total. The second-order valence-corrected chi connectivity index (χ2v) is 6.74. The third kappa shape index (κ3) is 6.75. The van der Waals surface area contributed by atoms with E-state index in [1.165, 1.54) is 11.8 Å². The van der Waals surface area contributed by atoms with E-state index in [4.69, 9.17) is 9.47 Å². The number of ether oxygens (including phenoxy) is 2. The first kappa shape index (κ1) is 21.0. The van der Waals surface area contributed by atoms with Crippen LogP contribution in [0.4, 0.5) is 0 Å². The molecule has 0 radical (unpaired) electrons. The molecule has 0 atom stereocenters. The van der Waals surface area contributed by atoms with Crippen molar-refractivity contribution in [2.45, 2.75) is 38.8 Å². The van der Waals surface area contributed by atoms with Gasteiger partial charge in [-0.05, 0) is 63.3 Å². The molecule has 0 spiro atoms. The maximum absolute atomic E-state index is 12.1. The van der Waals surface area contributed by atoms with Gasteiger partial charge in [-0.1, -0.05) is 11.8 Å². The number of aromatic nitrogens is 2. The number of carbonyl (C=O) groups is 1. The zero-order chi connectivity index (χ0) is 19.6. The van der Waals surface area contributed by atoms with Gasteiger partial charge in [0.2, 0.25) is 5.91 Å². The molecule has 0 bridgehead atoms. The van der Waals surface area contributed by atoms with Gasteiger partial charge in [-0.2, -0.15) is 0 Å². The maximum atomic E-state index is 12.1. The number of rotatable bonds is 10. The summed E-state index contributed by atoms with van der Waals surface area (Å²) in [6.45, 7) is 7.40. The zero-order valence-electron chi connectivity index (χ0n) is 16.4. The fourth-order valence-electron chi connectivity index (χ4n) is 2.65. The molecular formula is C20H27N3O3S. The SMILES string of the molecule is CCOc1ccc(OCCNC(=O)CCc2c(C)nc(SC)nc2C)cc1. The number of benzene rings is 1. The summed E-state index contributed by atoms with van der Waals surface area (Å²) in [6.07, 6.45) is 3.00. The van der Waals surface area contributed by atoms with Crippen molar-refractivity contribution in [1.29, 1.82) is 0 Å². The highest BCUT2D eigenvalue weighted by Gasteiger charge is 2.10. The largest absolute Gasteiger partial charge is 0.494 e. The molecule has 0 saturated carbocycles. The van der Waals surface area contributed by atoms with E-state index in [-0.39, 0.29) is 5.91 Å². The molecule has 2 rings (SSSR count). The predicted octanol–water partition coefficient (Wildman–Crippen LogP) is 3.34. The molecule has 0 aliphatic heterocycles. The Hall–Kier alpha value is -2.28. The number of nitrogens with zero attached hydrogens (tertiary/aromatic N) is 2. The number of carbonyl (C=O) groups excluding carboxylic acids is 1. The first-order valence-electron chi connectivity index (χ1n) is 9.04. The Morgan fingerprint density at radius 1 is 1.07 bits per heavy atom. The van der Waals surface area contributed by atoms with Gasteiger partial charge in [0.25, 0.3) is 0 Å². The topological polar surface area (TPSA) is 73.3 Å². The second-order valence-electron chi connectivity index (χ2n) is 5.96. The fraction of sp³-hybridized carbons (Fsp3) is 0.450. The highest BCUT2D eigenvalue weighted by Crippen LogP contribution is 2.18. The van der Waals surface area contributed by atoms with Crippen LogP contribution in [-0.2, 0) is 11.2 Å². The van der Waals surface area contributed by atoms with Gasteiger partial charge >= 0.3 is 0 Å². The monoisotopic (exact) mass is 389 g/mol. The van der Waals surface area contributed by atoms with Gasteiger partial charge in [0.15, 0.2) is 5.16 Å². The van der Waals surface area contributed by atoms with E-state index >= 15 is 0 Å². The molecule has 146 valence electrons. The quantitative estimate of drug-likeness (QED) is 0.382. The molecule has 0 aliphatic carbocycles. The van der Waals surface area contributed by atoms with Gasteiger partial charge in [0.1, 0.15) is 18.1 Å². The summed E-state index contributed by atoms with van der Waals surface area (Å²) in [6, 6.07) is 7.45. The van der Waals surface area contributed by atoms with E-state index in [2.05, 4.69) is 15.3 Å². The van der Waals surface area contributed by atoms with E-state index in [1.807, 2.05) is 51.3 Å². The number of hydrogen-bond donors (Lipinski definition) is 1. The zero-order valence-corrected chi connectivity index (χ0v) is 17.2. The number of amides is 1. The number of thioether (sulfide) groups is 1. The summed E-state index contributed by atoms with van der Waals surface area (Å²) in [5.74, 6) is 1.57. The summed E-state index contributed by atoms with van der Waals surface area (Å²) >= 11 is 1.52. The average Bonchev–Trinajstić information content (AvgIpc) is 2.66. The van der Waals surface area contributed by atoms with Crippen LogP contribution >= 0.6 is 11.8 Å². The molecule has 1 N–H and O–H groups in total. The van der Waals surface area contributed by atoms with Crippen LogP contribution in [0, 0.1) is 13.8 Å². The summed E-state index contributed by atoms with van der Waals surface area (Å²) in [5, 5.41) is 3.65. The normalized spacial score (nSPS) is 10.5. The lowest BCUT2D eigenvalue weighted by Gasteiger charge is -2.11. The van der Waals surface area contributed by atoms with Gasteiger partial charge in [-0.25, -0.2) is 9.97 Å². The van der Waals surface area contributed by atoms with Gasteiger partial charge in [0, 0.05) is 17.8 Å². The lowest BCUT2D eigenvalue weighted by molar-refractivity contribution is -0.121. The van der Waals surface area contributed by atoms with Crippen LogP contribution in [0.5, 0.6) is 11.5 Å². The van der Waals surface area contributed by atoms with E-state index in [9.17, 15) is 4.79 Å². The van der Waals surface area contributed by atoms with Crippen LogP contribution in [0.3, 0.4) is 0 Å². The Bertz CT molecular complexity index is 728. The van der Waals surface area contributed by atoms with Gasteiger partial charge in [-0.3, -0.25) is 4.79 Å². The van der Waals surface area contributed by atoms with Crippen molar-refractivity contribution in [3.05, 3.63) is 41.2 Å². The summed E-state index contributed by atoms with van der Waals surface area (Å²) in [4.78, 5) is 21.0. The number of nitrogens with one attached hydrogen (secondary N) is 1. The molecule has 1 aromatic carbocycles. The fourth-order valence-corrected chi connectivity index (χ4v) is 3.10. The third-order valence-electron chi connectivity index (χ3n) is 4.01. The van der Waals surface area contributed by atoms with Gasteiger partial charge in [0.05, 0.1) is 13.2 Å². The van der Waals surface area contributed by atoms with Crippen molar-refractivity contribution in [1.82, 2.24) is 15.3 Å². The molecule has 1 heterocycles. The first-order valence-corrected chi connectivity index (χ1v) is 10.3. The van der Waals surface area contributed by atoms with E-state index in [1.54, 1.807) is 0 Å². The summed E-state index contributed by atoms with van der Waals surface area (Å²) < 4.78 is 11.0. The maximum Gasteiger partial charge on any atom is 0.220 e. The molecule has 1 aromatic heterocycles. The smallest absolute Gasteiger partial charge is 0.220 e. The van der Waals surface area contributed by atoms with Crippen molar-refractivity contribution < 1.29 is 14.3 Å². The highest BCUT2D eigenvalue weighted by atomic mass is 32.2. The Morgan fingerprint density at radius 2 is 1.67 bits per heavy atom. The van der Waals surface area contributed by atoms with Crippen LogP contribution in [0.2, 0.25) is 0 Å². The third-order valence-corrected chi connectivity index (χ3v) is 4.56. The highest BCUT2D eigenvalue weighted by molar-refractivity contribution is 7.98. The minimum atomic E-state index is -0.00182. The standard InChI is InChI=1S/C20H27N3O3S/c1-5-25-16-6-8-17(9-7-16)26-13-12-21-19(24)11-10-18-14(2)22-20(27-4)23-15(18)3/h6-9H,5,10-13H2,1-4H3,(H,21,24). The second kappa shape index (κ2) is 10.8. The number of hydrogen-bond acceptors (Lipinski definition) is 6. The average molecular weight is 390 g/mol. The molecular weight excluding hydrogens is 362 g/mol. The minimum Gasteiger partial charge on any atom is -0.494 e. The van der Waals surface area contributed by atoms with Crippen molar-refractivity contribution in [3.63, 3.8) is 0 Å². The van der Waals surface area contributed by atoms with Crippen LogP contribution in [0.15, 0.2) is 29.4 Å². The van der Waals surface area contributed by atoms with Crippen molar-refractivity contribution in [2.24, 2.45) is 0 Å². The Kier molecular flexibility index (Phi) is 8.39. The van der Waals surface area contributed by atoms with Crippen LogP contribution in [0.25, 0.3) is 0 Å². The Morgan fingerprint density at radius 3 is 2.22 bits per heavy atom. The molecule has 27 heavy (non-hydrogen) atoms. The van der Waals surface area contributed by atoms with E-state index in [0.29, 0.717) is 32.6 Å².